The first-order chi connectivity index (χ1) is 13.6. The molecule has 1 fully saturated rings. The van der Waals surface area contributed by atoms with Gasteiger partial charge in [0.15, 0.2) is 10.9 Å². The molecule has 7 heteroatoms. The zero-order chi connectivity index (χ0) is 19.5. The highest BCUT2D eigenvalue weighted by Gasteiger charge is 2.20. The van der Waals surface area contributed by atoms with Crippen molar-refractivity contribution in [2.75, 3.05) is 12.4 Å². The summed E-state index contributed by atoms with van der Waals surface area (Å²) < 4.78 is 7.36. The Hall–Kier alpha value is -2.15. The Labute approximate surface area is 171 Å². The van der Waals surface area contributed by atoms with E-state index in [1.165, 1.54) is 11.8 Å². The molecule has 1 aliphatic rings. The van der Waals surface area contributed by atoms with E-state index in [1.54, 1.807) is 34.9 Å². The van der Waals surface area contributed by atoms with Gasteiger partial charge in [-0.25, -0.2) is 4.98 Å². The molecule has 28 heavy (non-hydrogen) atoms. The monoisotopic (exact) mass is 414 g/mol. The third-order valence-corrected chi connectivity index (χ3v) is 5.96. The van der Waals surface area contributed by atoms with E-state index in [2.05, 4.69) is 4.98 Å². The van der Waals surface area contributed by atoms with Gasteiger partial charge in [-0.05, 0) is 49.2 Å². The number of Topliss-reactive ketones (excluding diaryl/α,β-unsaturated/α-hetero) is 1. The number of hydrogen-bond acceptors (Lipinski definition) is 5. The largest absolute Gasteiger partial charge is 0.376 e. The zero-order valence-electron chi connectivity index (χ0n) is 15.1. The Morgan fingerprint density at radius 1 is 1.21 bits per heavy atom. The Morgan fingerprint density at radius 3 is 2.75 bits per heavy atom. The van der Waals surface area contributed by atoms with Crippen LogP contribution in [0, 0.1) is 0 Å². The van der Waals surface area contributed by atoms with E-state index in [9.17, 15) is 9.59 Å². The number of halogens is 1. The molecule has 0 unspecified atom stereocenters. The maximum atomic E-state index is 13.0. The van der Waals surface area contributed by atoms with E-state index in [1.807, 2.05) is 18.2 Å². The van der Waals surface area contributed by atoms with E-state index < -0.39 is 0 Å². The van der Waals surface area contributed by atoms with E-state index in [-0.39, 0.29) is 23.2 Å². The van der Waals surface area contributed by atoms with Gasteiger partial charge in [0.05, 0.1) is 29.3 Å². The second-order valence-corrected chi connectivity index (χ2v) is 8.06. The van der Waals surface area contributed by atoms with Gasteiger partial charge in [-0.3, -0.25) is 14.2 Å². The molecule has 3 aromatic rings. The first-order valence-electron chi connectivity index (χ1n) is 9.14. The van der Waals surface area contributed by atoms with Gasteiger partial charge in [-0.15, -0.1) is 0 Å². The number of ketones is 1. The molecule has 1 aliphatic heterocycles. The third kappa shape index (κ3) is 4.14. The first-order valence-corrected chi connectivity index (χ1v) is 10.5. The molecule has 0 spiro atoms. The quantitative estimate of drug-likeness (QED) is 0.343. The van der Waals surface area contributed by atoms with Crippen molar-refractivity contribution in [3.05, 3.63) is 69.5 Å². The Morgan fingerprint density at radius 2 is 2.00 bits per heavy atom. The molecule has 0 saturated carbocycles. The number of para-hydroxylation sites is 1. The molecule has 0 aliphatic carbocycles. The number of thioether (sulfide) groups is 1. The van der Waals surface area contributed by atoms with Crippen molar-refractivity contribution in [1.82, 2.24) is 9.55 Å². The molecule has 5 nitrogen and oxygen atoms in total. The zero-order valence-corrected chi connectivity index (χ0v) is 16.7. The van der Waals surface area contributed by atoms with Gasteiger partial charge in [0.25, 0.3) is 5.56 Å². The molecule has 1 aromatic heterocycles. The first kappa shape index (κ1) is 19.2. The molecule has 1 atom stereocenters. The van der Waals surface area contributed by atoms with Crippen LogP contribution in [0.3, 0.4) is 0 Å². The van der Waals surface area contributed by atoms with Crippen molar-refractivity contribution >= 4 is 40.0 Å². The van der Waals surface area contributed by atoms with Crippen LogP contribution in [0.15, 0.2) is 58.5 Å². The fourth-order valence-electron chi connectivity index (χ4n) is 3.26. The Balaban J connectivity index is 1.63. The van der Waals surface area contributed by atoms with E-state index in [0.29, 0.717) is 33.2 Å². The van der Waals surface area contributed by atoms with E-state index in [0.717, 1.165) is 19.4 Å². The van der Waals surface area contributed by atoms with E-state index >= 15 is 0 Å². The molecule has 4 rings (SSSR count). The van der Waals surface area contributed by atoms with Crippen LogP contribution < -0.4 is 5.56 Å². The maximum Gasteiger partial charge on any atom is 0.262 e. The number of ether oxygens (including phenoxy) is 1. The highest BCUT2D eigenvalue weighted by molar-refractivity contribution is 7.99. The van der Waals surface area contributed by atoms with Crippen LogP contribution in [0.25, 0.3) is 10.9 Å². The Bertz CT molecular complexity index is 1060. The summed E-state index contributed by atoms with van der Waals surface area (Å²) in [5.41, 5.74) is 1.13. The smallest absolute Gasteiger partial charge is 0.262 e. The summed E-state index contributed by atoms with van der Waals surface area (Å²) in [6.07, 6.45) is 1.93. The average molecular weight is 415 g/mol. The summed E-state index contributed by atoms with van der Waals surface area (Å²) in [6, 6.07) is 14.1. The van der Waals surface area contributed by atoms with Crippen LogP contribution in [0.1, 0.15) is 23.2 Å². The lowest BCUT2D eigenvalue weighted by Gasteiger charge is -2.16. The van der Waals surface area contributed by atoms with Crippen molar-refractivity contribution in [3.63, 3.8) is 0 Å². The molecule has 0 amide bonds. The fourth-order valence-corrected chi connectivity index (χ4v) is 4.29. The Kier molecular flexibility index (Phi) is 5.80. The summed E-state index contributed by atoms with van der Waals surface area (Å²) in [5, 5.41) is 1.71. The summed E-state index contributed by atoms with van der Waals surface area (Å²) in [6.45, 7) is 1.17. The average Bonchev–Trinajstić information content (AvgIpc) is 3.22. The lowest BCUT2D eigenvalue weighted by atomic mass is 10.1. The highest BCUT2D eigenvalue weighted by Crippen LogP contribution is 2.22. The number of fused-ring (bicyclic) bond motifs is 1. The minimum Gasteiger partial charge on any atom is -0.376 e. The molecule has 2 aromatic carbocycles. The predicted octanol–water partition coefficient (Wildman–Crippen LogP) is 4.20. The van der Waals surface area contributed by atoms with Crippen LogP contribution in [-0.2, 0) is 11.3 Å². The minimum atomic E-state index is -0.0949. The van der Waals surface area contributed by atoms with Crippen molar-refractivity contribution in [2.24, 2.45) is 0 Å². The standard InChI is InChI=1S/C21H19ClN2O3S/c22-15-9-7-14(8-10-15)19(25)13-28-21-23-18-6-2-1-5-17(18)20(26)24(21)12-16-4-3-11-27-16/h1-2,5-10,16H,3-4,11-13H2/t16-/m0/s1. The lowest BCUT2D eigenvalue weighted by Crippen LogP contribution is -2.29. The number of benzene rings is 2. The number of hydrogen-bond donors (Lipinski definition) is 0. The van der Waals surface area contributed by atoms with Crippen LogP contribution in [0.2, 0.25) is 5.02 Å². The summed E-state index contributed by atoms with van der Waals surface area (Å²) in [5.74, 6) is 0.158. The molecule has 2 heterocycles. The lowest BCUT2D eigenvalue weighted by molar-refractivity contribution is 0.0937. The van der Waals surface area contributed by atoms with Crippen LogP contribution in [0.4, 0.5) is 0 Å². The second-order valence-electron chi connectivity index (χ2n) is 6.68. The minimum absolute atomic E-state index is 0.00646. The van der Waals surface area contributed by atoms with Crippen molar-refractivity contribution in [2.45, 2.75) is 30.6 Å². The van der Waals surface area contributed by atoms with Crippen LogP contribution in [-0.4, -0.2) is 33.8 Å². The summed E-state index contributed by atoms with van der Waals surface area (Å²) >= 11 is 7.17. The van der Waals surface area contributed by atoms with Gasteiger partial charge in [0.2, 0.25) is 0 Å². The fraction of sp³-hybridized carbons (Fsp3) is 0.286. The van der Waals surface area contributed by atoms with Crippen molar-refractivity contribution < 1.29 is 9.53 Å². The van der Waals surface area contributed by atoms with Crippen LogP contribution >= 0.6 is 23.4 Å². The molecular weight excluding hydrogens is 396 g/mol. The normalized spacial score (nSPS) is 16.5. The number of aromatic nitrogens is 2. The SMILES string of the molecule is O=C(CSc1nc2ccccc2c(=O)n1C[C@@H]1CCCO1)c1ccc(Cl)cc1. The van der Waals surface area contributed by atoms with Crippen molar-refractivity contribution in [3.8, 4) is 0 Å². The molecular formula is C21H19ClN2O3S. The maximum absolute atomic E-state index is 13.0. The third-order valence-electron chi connectivity index (χ3n) is 4.74. The second kappa shape index (κ2) is 8.47. The number of rotatable bonds is 6. The molecule has 0 bridgehead atoms. The van der Waals surface area contributed by atoms with Gasteiger partial charge in [0.1, 0.15) is 0 Å². The number of nitrogens with zero attached hydrogens (tertiary/aromatic N) is 2. The van der Waals surface area contributed by atoms with Gasteiger partial charge in [-0.1, -0.05) is 35.5 Å². The van der Waals surface area contributed by atoms with Gasteiger partial charge in [0, 0.05) is 17.2 Å². The number of carbonyl (C=O) groups excluding carboxylic acids is 1. The van der Waals surface area contributed by atoms with Gasteiger partial charge >= 0.3 is 0 Å². The summed E-state index contributed by atoms with van der Waals surface area (Å²) in [7, 11) is 0. The van der Waals surface area contributed by atoms with Gasteiger partial charge in [-0.2, -0.15) is 0 Å². The highest BCUT2D eigenvalue weighted by atomic mass is 35.5. The number of carbonyl (C=O) groups is 1. The van der Waals surface area contributed by atoms with Crippen LogP contribution in [0.5, 0.6) is 0 Å². The molecule has 1 saturated heterocycles. The summed E-state index contributed by atoms with van der Waals surface area (Å²) in [4.78, 5) is 30.2. The predicted molar refractivity (Wildman–Crippen MR) is 111 cm³/mol. The van der Waals surface area contributed by atoms with Crippen molar-refractivity contribution in [1.29, 1.82) is 0 Å². The van der Waals surface area contributed by atoms with E-state index in [4.69, 9.17) is 16.3 Å². The molecule has 144 valence electrons. The molecule has 0 radical (unpaired) electrons. The van der Waals surface area contributed by atoms with Gasteiger partial charge < -0.3 is 4.74 Å². The topological polar surface area (TPSA) is 61.2 Å². The molecule has 0 N–H and O–H groups in total.